The molecule has 0 spiro atoms. The molecule has 0 aliphatic heterocycles. The summed E-state index contributed by atoms with van der Waals surface area (Å²) in [5.74, 6) is -0.144. The number of aromatic nitrogens is 3. The highest BCUT2D eigenvalue weighted by Gasteiger charge is 2.37. The van der Waals surface area contributed by atoms with Crippen molar-refractivity contribution in [3.05, 3.63) is 47.9 Å². The lowest BCUT2D eigenvalue weighted by atomic mass is 10.1. The Balaban J connectivity index is 2.23. The summed E-state index contributed by atoms with van der Waals surface area (Å²) in [5.41, 5.74) is -2.49. The maximum atomic E-state index is 13.7. The smallest absolute Gasteiger partial charge is 0.433 e. The van der Waals surface area contributed by atoms with Crippen molar-refractivity contribution in [1.29, 1.82) is 0 Å². The van der Waals surface area contributed by atoms with E-state index in [-0.39, 0.29) is 22.6 Å². The molecule has 2 amide bonds. The number of halogens is 3. The Morgan fingerprint density at radius 3 is 2.03 bits per heavy atom. The van der Waals surface area contributed by atoms with Crippen molar-refractivity contribution in [2.45, 2.75) is 72.3 Å². The van der Waals surface area contributed by atoms with Gasteiger partial charge in [-0.05, 0) is 77.6 Å². The molecular weight excluding hydrogens is 477 g/mol. The van der Waals surface area contributed by atoms with E-state index >= 15 is 0 Å². The van der Waals surface area contributed by atoms with E-state index in [2.05, 4.69) is 10.1 Å². The molecule has 0 saturated heterocycles. The van der Waals surface area contributed by atoms with Gasteiger partial charge in [0.2, 0.25) is 0 Å². The van der Waals surface area contributed by atoms with Crippen molar-refractivity contribution in [3.8, 4) is 5.69 Å². The van der Waals surface area contributed by atoms with Crippen molar-refractivity contribution in [3.63, 3.8) is 0 Å². The molecule has 11 heteroatoms. The number of hydrogen-bond donors (Lipinski definition) is 0. The Bertz CT molecular complexity index is 1260. The van der Waals surface area contributed by atoms with Crippen LogP contribution in [0.4, 0.5) is 28.6 Å². The maximum absolute atomic E-state index is 13.7. The van der Waals surface area contributed by atoms with E-state index in [1.165, 1.54) is 18.3 Å². The molecule has 3 rings (SSSR count). The van der Waals surface area contributed by atoms with Gasteiger partial charge in [0, 0.05) is 11.6 Å². The largest absolute Gasteiger partial charge is 0.443 e. The summed E-state index contributed by atoms with van der Waals surface area (Å²) >= 11 is 0. The van der Waals surface area contributed by atoms with Gasteiger partial charge in [0.15, 0.2) is 5.82 Å². The second-order valence-electron chi connectivity index (χ2n) is 10.1. The average Bonchev–Trinajstić information content (AvgIpc) is 3.16. The molecule has 2 aromatic heterocycles. The highest BCUT2D eigenvalue weighted by atomic mass is 19.4. The molecule has 0 saturated carbocycles. The van der Waals surface area contributed by atoms with Crippen LogP contribution >= 0.6 is 0 Å². The molecule has 0 unspecified atom stereocenters. The Labute approximate surface area is 207 Å². The van der Waals surface area contributed by atoms with Gasteiger partial charge in [-0.1, -0.05) is 13.0 Å². The van der Waals surface area contributed by atoms with Gasteiger partial charge in [0.25, 0.3) is 0 Å². The van der Waals surface area contributed by atoms with Crippen LogP contribution in [-0.4, -0.2) is 38.2 Å². The molecule has 0 fully saturated rings. The fourth-order valence-electron chi connectivity index (χ4n) is 3.32. The van der Waals surface area contributed by atoms with E-state index in [0.29, 0.717) is 16.7 Å². The zero-order valence-electron chi connectivity index (χ0n) is 21.2. The molecule has 0 atom stereocenters. The first-order valence-electron chi connectivity index (χ1n) is 11.3. The molecule has 0 aliphatic rings. The standard InChI is InChI=1S/C25H29F3N4O4/c1-8-16-13-19(25(26,27)28)32(30-16)17-10-9-15-11-12-29-20(18(15)14-17)31(21(33)35-23(2,3)4)22(34)36-24(5,6)7/h9-14H,8H2,1-7H3. The van der Waals surface area contributed by atoms with E-state index in [1.54, 1.807) is 60.6 Å². The minimum Gasteiger partial charge on any atom is -0.443 e. The predicted octanol–water partition coefficient (Wildman–Crippen LogP) is 6.68. The molecule has 36 heavy (non-hydrogen) atoms. The number of anilines is 1. The first-order chi connectivity index (χ1) is 16.5. The summed E-state index contributed by atoms with van der Waals surface area (Å²) in [7, 11) is 0. The first kappa shape index (κ1) is 27.0. The van der Waals surface area contributed by atoms with Gasteiger partial charge in [-0.2, -0.15) is 23.2 Å². The van der Waals surface area contributed by atoms with E-state index in [9.17, 15) is 22.8 Å². The van der Waals surface area contributed by atoms with E-state index in [0.717, 1.165) is 10.7 Å². The summed E-state index contributed by atoms with van der Waals surface area (Å²) in [6.07, 6.45) is -5.03. The van der Waals surface area contributed by atoms with Crippen LogP contribution in [0.15, 0.2) is 36.5 Å². The number of amides is 2. The van der Waals surface area contributed by atoms with Crippen molar-refractivity contribution in [1.82, 2.24) is 14.8 Å². The number of rotatable bonds is 3. The summed E-state index contributed by atoms with van der Waals surface area (Å²) in [6, 6.07) is 7.02. The topological polar surface area (TPSA) is 86.6 Å². The van der Waals surface area contributed by atoms with Crippen LogP contribution in [0.2, 0.25) is 0 Å². The van der Waals surface area contributed by atoms with Gasteiger partial charge in [-0.3, -0.25) is 0 Å². The number of aryl methyl sites for hydroxylation is 1. The SMILES string of the molecule is CCc1cc(C(F)(F)F)n(-c2ccc3ccnc(N(C(=O)OC(C)(C)C)C(=O)OC(C)(C)C)c3c2)n1. The lowest BCUT2D eigenvalue weighted by molar-refractivity contribution is -0.142. The van der Waals surface area contributed by atoms with Crippen LogP contribution in [-0.2, 0) is 22.1 Å². The highest BCUT2D eigenvalue weighted by molar-refractivity contribution is 6.14. The van der Waals surface area contributed by atoms with E-state index < -0.39 is 35.3 Å². The summed E-state index contributed by atoms with van der Waals surface area (Å²) in [4.78, 5) is 31.1. The van der Waals surface area contributed by atoms with Gasteiger partial charge in [0.05, 0.1) is 11.4 Å². The average molecular weight is 507 g/mol. The van der Waals surface area contributed by atoms with Crippen LogP contribution in [0.3, 0.4) is 0 Å². The fourth-order valence-corrected chi connectivity index (χ4v) is 3.32. The Hall–Kier alpha value is -3.63. The molecule has 0 bridgehead atoms. The number of nitrogens with zero attached hydrogens (tertiary/aromatic N) is 4. The molecule has 8 nitrogen and oxygen atoms in total. The van der Waals surface area contributed by atoms with E-state index in [1.807, 2.05) is 0 Å². The van der Waals surface area contributed by atoms with Crippen molar-refractivity contribution >= 4 is 28.8 Å². The molecule has 0 radical (unpaired) electrons. The second kappa shape index (κ2) is 9.44. The lowest BCUT2D eigenvalue weighted by Crippen LogP contribution is -2.44. The Kier molecular flexibility index (Phi) is 7.07. The van der Waals surface area contributed by atoms with Gasteiger partial charge < -0.3 is 9.47 Å². The molecule has 194 valence electrons. The van der Waals surface area contributed by atoms with Crippen molar-refractivity contribution in [2.75, 3.05) is 4.90 Å². The Morgan fingerprint density at radius 1 is 0.944 bits per heavy atom. The molecule has 1 aromatic carbocycles. The lowest BCUT2D eigenvalue weighted by Gasteiger charge is -2.28. The van der Waals surface area contributed by atoms with Crippen LogP contribution in [0.1, 0.15) is 59.9 Å². The normalized spacial score (nSPS) is 12.5. The van der Waals surface area contributed by atoms with Crippen LogP contribution in [0.25, 0.3) is 16.5 Å². The number of ether oxygens (including phenoxy) is 2. The van der Waals surface area contributed by atoms with Crippen LogP contribution in [0.5, 0.6) is 0 Å². The highest BCUT2D eigenvalue weighted by Crippen LogP contribution is 2.34. The van der Waals surface area contributed by atoms with Gasteiger partial charge in [-0.15, -0.1) is 0 Å². The van der Waals surface area contributed by atoms with E-state index in [4.69, 9.17) is 9.47 Å². The quantitative estimate of drug-likeness (QED) is 0.394. The third-order valence-electron chi connectivity index (χ3n) is 4.75. The molecule has 0 aliphatic carbocycles. The molecule has 2 heterocycles. The Morgan fingerprint density at radius 2 is 1.53 bits per heavy atom. The van der Waals surface area contributed by atoms with Gasteiger partial charge in [-0.25, -0.2) is 19.3 Å². The van der Waals surface area contributed by atoms with Crippen molar-refractivity contribution < 1.29 is 32.2 Å². The van der Waals surface area contributed by atoms with Crippen LogP contribution < -0.4 is 4.90 Å². The second-order valence-corrected chi connectivity index (χ2v) is 10.1. The number of pyridine rings is 1. The number of fused-ring (bicyclic) bond motifs is 1. The maximum Gasteiger partial charge on any atom is 0.433 e. The molecule has 0 N–H and O–H groups in total. The van der Waals surface area contributed by atoms with Gasteiger partial charge >= 0.3 is 18.4 Å². The number of carbonyl (C=O) groups is 2. The minimum atomic E-state index is -4.65. The third-order valence-corrected chi connectivity index (χ3v) is 4.75. The zero-order chi connectivity index (χ0) is 27.1. The zero-order valence-corrected chi connectivity index (χ0v) is 21.2. The van der Waals surface area contributed by atoms with Crippen LogP contribution in [0, 0.1) is 0 Å². The van der Waals surface area contributed by atoms with Gasteiger partial charge in [0.1, 0.15) is 16.9 Å². The number of hydrogen-bond acceptors (Lipinski definition) is 6. The summed E-state index contributed by atoms with van der Waals surface area (Å²) < 4.78 is 52.8. The molecule has 3 aromatic rings. The number of alkyl halides is 3. The summed E-state index contributed by atoms with van der Waals surface area (Å²) in [5, 5.41) is 4.85. The predicted molar refractivity (Wildman–Crippen MR) is 128 cm³/mol. The van der Waals surface area contributed by atoms with Crippen molar-refractivity contribution in [2.24, 2.45) is 0 Å². The summed E-state index contributed by atoms with van der Waals surface area (Å²) in [6.45, 7) is 11.5. The number of imide groups is 1. The fraction of sp³-hybridized carbons (Fsp3) is 0.440. The third kappa shape index (κ3) is 6.13. The molecular formula is C25H29F3N4O4. The minimum absolute atomic E-state index is 0.0807. The number of carbonyl (C=O) groups excluding carboxylic acids is 2. The monoisotopic (exact) mass is 506 g/mol. The number of benzene rings is 1. The first-order valence-corrected chi connectivity index (χ1v) is 11.3.